The molecule has 0 saturated heterocycles. The van der Waals surface area contributed by atoms with Crippen LogP contribution in [-0.2, 0) is 13.1 Å². The van der Waals surface area contributed by atoms with Crippen molar-refractivity contribution in [2.45, 2.75) is 20.0 Å². The summed E-state index contributed by atoms with van der Waals surface area (Å²) in [5.74, 6) is 2.69. The van der Waals surface area contributed by atoms with Crippen LogP contribution in [0.15, 0.2) is 23.2 Å². The second kappa shape index (κ2) is 4.27. The van der Waals surface area contributed by atoms with Gasteiger partial charge in [0.1, 0.15) is 22.6 Å². The summed E-state index contributed by atoms with van der Waals surface area (Å²) < 4.78 is 4.99. The van der Waals surface area contributed by atoms with Crippen LogP contribution in [0.1, 0.15) is 11.5 Å². The Kier molecular flexibility index (Phi) is 2.53. The summed E-state index contributed by atoms with van der Waals surface area (Å²) in [6.07, 6.45) is 3.38. The van der Waals surface area contributed by atoms with Crippen LogP contribution < -0.4 is 4.90 Å². The van der Waals surface area contributed by atoms with Crippen molar-refractivity contribution in [1.82, 2.24) is 29.1 Å². The summed E-state index contributed by atoms with van der Waals surface area (Å²) in [5, 5.41) is 4.26. The normalized spacial score (nSPS) is 14.8. The summed E-state index contributed by atoms with van der Waals surface area (Å²) in [6.45, 7) is 4.53. The third-order valence-corrected chi connectivity index (χ3v) is 4.13. The van der Waals surface area contributed by atoms with E-state index in [1.54, 1.807) is 4.52 Å². The Bertz CT molecular complexity index is 790. The first-order valence-electron chi connectivity index (χ1n) is 6.34. The van der Waals surface area contributed by atoms with Gasteiger partial charge in [0, 0.05) is 24.8 Å². The van der Waals surface area contributed by atoms with Gasteiger partial charge in [0.2, 0.25) is 0 Å². The van der Waals surface area contributed by atoms with Gasteiger partial charge in [-0.2, -0.15) is 14.6 Å². The standard InChI is InChI=1S/C12H12BrN7/c1-8-4-11(20-12(17-8)15-7-16-20)18-2-3-19-9(13)5-14-10(19)6-18/h4-5,7H,2-3,6H2,1H3. The zero-order chi connectivity index (χ0) is 13.7. The van der Waals surface area contributed by atoms with Gasteiger partial charge in [-0.3, -0.25) is 0 Å². The summed E-state index contributed by atoms with van der Waals surface area (Å²) in [5.41, 5.74) is 0.940. The summed E-state index contributed by atoms with van der Waals surface area (Å²) >= 11 is 3.52. The zero-order valence-corrected chi connectivity index (χ0v) is 12.4. The molecule has 0 aromatic carbocycles. The Morgan fingerprint density at radius 2 is 2.15 bits per heavy atom. The molecular weight excluding hydrogens is 322 g/mol. The SMILES string of the molecule is Cc1cc(N2CCn3c(Br)cnc3C2)n2ncnc2n1. The molecule has 0 fully saturated rings. The van der Waals surface area contributed by atoms with E-state index in [0.29, 0.717) is 5.78 Å². The molecule has 8 heteroatoms. The lowest BCUT2D eigenvalue weighted by molar-refractivity contribution is 0.545. The fraction of sp³-hybridized carbons (Fsp3) is 0.333. The van der Waals surface area contributed by atoms with Crippen molar-refractivity contribution in [3.8, 4) is 0 Å². The molecule has 0 spiro atoms. The molecule has 1 aliphatic heterocycles. The lowest BCUT2D eigenvalue weighted by Crippen LogP contribution is -2.35. The quantitative estimate of drug-likeness (QED) is 0.673. The topological polar surface area (TPSA) is 64.1 Å². The van der Waals surface area contributed by atoms with E-state index >= 15 is 0 Å². The minimum atomic E-state index is 0.634. The monoisotopic (exact) mass is 333 g/mol. The average molecular weight is 334 g/mol. The van der Waals surface area contributed by atoms with Crippen molar-refractivity contribution in [3.63, 3.8) is 0 Å². The predicted octanol–water partition coefficient (Wildman–Crippen LogP) is 1.41. The van der Waals surface area contributed by atoms with Crippen molar-refractivity contribution in [2.75, 3.05) is 11.4 Å². The van der Waals surface area contributed by atoms with Crippen molar-refractivity contribution in [3.05, 3.63) is 34.7 Å². The number of hydrogen-bond acceptors (Lipinski definition) is 5. The average Bonchev–Trinajstić information content (AvgIpc) is 3.04. The fourth-order valence-corrected chi connectivity index (χ4v) is 3.04. The van der Waals surface area contributed by atoms with Crippen molar-refractivity contribution in [1.29, 1.82) is 0 Å². The highest BCUT2D eigenvalue weighted by Gasteiger charge is 2.21. The van der Waals surface area contributed by atoms with Crippen LogP contribution in [0.4, 0.5) is 5.82 Å². The van der Waals surface area contributed by atoms with Gasteiger partial charge in [0.15, 0.2) is 0 Å². The predicted molar refractivity (Wildman–Crippen MR) is 76.5 cm³/mol. The number of rotatable bonds is 1. The Morgan fingerprint density at radius 1 is 1.25 bits per heavy atom. The van der Waals surface area contributed by atoms with Crippen molar-refractivity contribution >= 4 is 27.5 Å². The van der Waals surface area contributed by atoms with E-state index in [4.69, 9.17) is 0 Å². The molecule has 3 aromatic rings. The largest absolute Gasteiger partial charge is 0.347 e. The maximum absolute atomic E-state index is 4.44. The Hall–Kier alpha value is -1.96. The molecule has 0 atom stereocenters. The number of aromatic nitrogens is 6. The second-order valence-electron chi connectivity index (χ2n) is 4.80. The summed E-state index contributed by atoms with van der Waals surface area (Å²) in [7, 11) is 0. The van der Waals surface area contributed by atoms with E-state index in [9.17, 15) is 0 Å². The van der Waals surface area contributed by atoms with E-state index in [-0.39, 0.29) is 0 Å². The molecule has 20 heavy (non-hydrogen) atoms. The molecule has 0 aliphatic carbocycles. The van der Waals surface area contributed by atoms with Gasteiger partial charge in [-0.05, 0) is 22.9 Å². The van der Waals surface area contributed by atoms with Gasteiger partial charge in [-0.1, -0.05) is 0 Å². The minimum absolute atomic E-state index is 0.634. The first-order chi connectivity index (χ1) is 9.72. The van der Waals surface area contributed by atoms with Crippen LogP contribution in [0.25, 0.3) is 5.78 Å². The van der Waals surface area contributed by atoms with Gasteiger partial charge >= 0.3 is 0 Å². The lowest BCUT2D eigenvalue weighted by atomic mass is 10.3. The molecule has 4 heterocycles. The molecule has 0 amide bonds. The van der Waals surface area contributed by atoms with Crippen LogP contribution in [0.3, 0.4) is 0 Å². The van der Waals surface area contributed by atoms with Crippen LogP contribution >= 0.6 is 15.9 Å². The number of nitrogens with zero attached hydrogens (tertiary/aromatic N) is 7. The van der Waals surface area contributed by atoms with Crippen LogP contribution in [0.2, 0.25) is 0 Å². The highest BCUT2D eigenvalue weighted by Crippen LogP contribution is 2.23. The Balaban J connectivity index is 1.79. The molecule has 0 radical (unpaired) electrons. The molecule has 7 nitrogen and oxygen atoms in total. The Labute approximate surface area is 123 Å². The van der Waals surface area contributed by atoms with Gasteiger partial charge in [0.25, 0.3) is 5.78 Å². The number of hydrogen-bond donors (Lipinski definition) is 0. The molecule has 0 bridgehead atoms. The minimum Gasteiger partial charge on any atom is -0.347 e. The number of halogens is 1. The van der Waals surface area contributed by atoms with Gasteiger partial charge < -0.3 is 9.47 Å². The van der Waals surface area contributed by atoms with Crippen molar-refractivity contribution in [2.24, 2.45) is 0 Å². The third-order valence-electron chi connectivity index (χ3n) is 3.50. The van der Waals surface area contributed by atoms with Crippen molar-refractivity contribution < 1.29 is 0 Å². The maximum Gasteiger partial charge on any atom is 0.254 e. The number of aryl methyl sites for hydroxylation is 1. The zero-order valence-electron chi connectivity index (χ0n) is 10.9. The maximum atomic E-state index is 4.44. The van der Waals surface area contributed by atoms with Gasteiger partial charge in [-0.25, -0.2) is 9.97 Å². The van der Waals surface area contributed by atoms with E-state index in [1.807, 2.05) is 19.2 Å². The molecule has 0 unspecified atom stereocenters. The van der Waals surface area contributed by atoms with Gasteiger partial charge in [0.05, 0.1) is 12.7 Å². The summed E-state index contributed by atoms with van der Waals surface area (Å²) in [4.78, 5) is 15.2. The van der Waals surface area contributed by atoms with E-state index in [1.165, 1.54) is 6.33 Å². The third kappa shape index (κ3) is 1.71. The van der Waals surface area contributed by atoms with Crippen LogP contribution in [0.5, 0.6) is 0 Å². The highest BCUT2D eigenvalue weighted by atomic mass is 79.9. The molecule has 4 rings (SSSR count). The number of anilines is 1. The first-order valence-corrected chi connectivity index (χ1v) is 7.14. The molecule has 102 valence electrons. The lowest BCUT2D eigenvalue weighted by Gasteiger charge is -2.29. The summed E-state index contributed by atoms with van der Waals surface area (Å²) in [6, 6.07) is 2.04. The molecular formula is C12H12BrN7. The highest BCUT2D eigenvalue weighted by molar-refractivity contribution is 9.10. The molecule has 0 saturated carbocycles. The molecule has 3 aromatic heterocycles. The second-order valence-corrected chi connectivity index (χ2v) is 5.61. The van der Waals surface area contributed by atoms with Gasteiger partial charge in [-0.15, -0.1) is 0 Å². The number of imidazole rings is 1. The molecule has 1 aliphatic rings. The van der Waals surface area contributed by atoms with E-state index < -0.39 is 0 Å². The smallest absolute Gasteiger partial charge is 0.254 e. The number of fused-ring (bicyclic) bond motifs is 2. The van der Waals surface area contributed by atoms with Crippen LogP contribution in [0, 0.1) is 6.92 Å². The van der Waals surface area contributed by atoms with E-state index in [0.717, 1.165) is 41.6 Å². The first kappa shape index (κ1) is 11.8. The fourth-order valence-electron chi connectivity index (χ4n) is 2.56. The van der Waals surface area contributed by atoms with Crippen LogP contribution in [-0.4, -0.2) is 35.7 Å². The Morgan fingerprint density at radius 3 is 3.05 bits per heavy atom. The van der Waals surface area contributed by atoms with E-state index in [2.05, 4.69) is 45.4 Å². The molecule has 0 N–H and O–H groups in total.